The van der Waals surface area contributed by atoms with Gasteiger partial charge in [0.25, 0.3) is 0 Å². The zero-order valence-corrected chi connectivity index (χ0v) is 13.5. The number of methoxy groups -OCH3 is 1. The van der Waals surface area contributed by atoms with E-state index in [9.17, 15) is 0 Å². The molecule has 22 heavy (non-hydrogen) atoms. The number of hydrazine groups is 1. The third-order valence-corrected chi connectivity index (χ3v) is 2.93. The summed E-state index contributed by atoms with van der Waals surface area (Å²) in [7, 11) is 3.37. The van der Waals surface area contributed by atoms with Gasteiger partial charge in [-0.2, -0.15) is 0 Å². The molecule has 1 heterocycles. The van der Waals surface area contributed by atoms with Crippen LogP contribution >= 0.6 is 11.6 Å². The van der Waals surface area contributed by atoms with Crippen LogP contribution < -0.4 is 16.3 Å². The van der Waals surface area contributed by atoms with Crippen LogP contribution in [0.5, 0.6) is 5.88 Å². The molecule has 4 N–H and O–H groups in total. The third kappa shape index (κ3) is 6.13. The lowest BCUT2D eigenvalue weighted by Crippen LogP contribution is -2.24. The summed E-state index contributed by atoms with van der Waals surface area (Å²) in [5.41, 5.74) is 7.35. The Morgan fingerprint density at radius 3 is 2.36 bits per heavy atom. The van der Waals surface area contributed by atoms with Crippen LogP contribution in [0.15, 0.2) is 54.7 Å². The Bertz CT molecular complexity index is 570. The van der Waals surface area contributed by atoms with E-state index >= 15 is 0 Å². The molecule has 0 unspecified atom stereocenters. The van der Waals surface area contributed by atoms with Crippen LogP contribution in [-0.4, -0.2) is 30.7 Å². The van der Waals surface area contributed by atoms with Crippen LogP contribution in [0.1, 0.15) is 5.56 Å². The quantitative estimate of drug-likeness (QED) is 0.668. The number of ether oxygens (including phenoxy) is 1. The topological polar surface area (TPSA) is 77.4 Å². The van der Waals surface area contributed by atoms with Crippen molar-refractivity contribution in [1.29, 1.82) is 0 Å². The number of nitrogens with zero attached hydrogens (tertiary/aromatic N) is 2. The highest BCUT2D eigenvalue weighted by molar-refractivity contribution is 6.30. The molecule has 0 saturated heterocycles. The lowest BCUT2D eigenvalue weighted by molar-refractivity contribution is 0.398. The molecule has 118 valence electrons. The van der Waals surface area contributed by atoms with Crippen LogP contribution in [-0.2, 0) is 0 Å². The van der Waals surface area contributed by atoms with Gasteiger partial charge in [-0.25, -0.2) is 10.8 Å². The van der Waals surface area contributed by atoms with Crippen molar-refractivity contribution in [3.8, 4) is 5.88 Å². The summed E-state index contributed by atoms with van der Waals surface area (Å²) < 4.78 is 4.80. The van der Waals surface area contributed by atoms with Gasteiger partial charge in [-0.1, -0.05) is 29.8 Å². The van der Waals surface area contributed by atoms with Gasteiger partial charge in [0.05, 0.1) is 12.8 Å². The molecule has 0 aliphatic rings. The second-order valence-electron chi connectivity index (χ2n) is 4.31. The van der Waals surface area contributed by atoms with Crippen molar-refractivity contribution in [1.82, 2.24) is 9.99 Å². The minimum absolute atomic E-state index is 0.458. The zero-order chi connectivity index (χ0) is 16.4. The Labute approximate surface area is 136 Å². The summed E-state index contributed by atoms with van der Waals surface area (Å²) in [5.74, 6) is 6.33. The summed E-state index contributed by atoms with van der Waals surface area (Å²) in [6, 6.07) is 13.0. The van der Waals surface area contributed by atoms with Gasteiger partial charge in [0, 0.05) is 30.9 Å². The molecule has 1 aromatic heterocycles. The molecular formula is C16H21ClN4O. The van der Waals surface area contributed by atoms with Gasteiger partial charge in [-0.3, -0.25) is 0 Å². The molecule has 0 fully saturated rings. The van der Waals surface area contributed by atoms with Gasteiger partial charge in [-0.05, 0) is 29.8 Å². The number of benzene rings is 1. The summed E-state index contributed by atoms with van der Waals surface area (Å²) >= 11 is 5.78. The first-order valence-electron chi connectivity index (χ1n) is 6.68. The van der Waals surface area contributed by atoms with E-state index in [2.05, 4.69) is 4.98 Å². The zero-order valence-electron chi connectivity index (χ0n) is 12.7. The monoisotopic (exact) mass is 320 g/mol. The van der Waals surface area contributed by atoms with E-state index < -0.39 is 0 Å². The number of aromatic nitrogens is 1. The number of rotatable bonds is 4. The fourth-order valence-electron chi connectivity index (χ4n) is 1.67. The van der Waals surface area contributed by atoms with Crippen molar-refractivity contribution >= 4 is 17.3 Å². The van der Waals surface area contributed by atoms with E-state index in [-0.39, 0.29) is 0 Å². The SMILES string of the molecule is CN(N)/C(=C\CN)c1ccc(Cl)cc1.COc1ccccn1. The van der Waals surface area contributed by atoms with E-state index in [4.69, 9.17) is 27.9 Å². The van der Waals surface area contributed by atoms with E-state index in [1.54, 1.807) is 26.4 Å². The molecule has 0 saturated carbocycles. The Balaban J connectivity index is 0.000000255. The van der Waals surface area contributed by atoms with Crippen molar-refractivity contribution < 1.29 is 4.74 Å². The number of nitrogens with two attached hydrogens (primary N) is 2. The van der Waals surface area contributed by atoms with Crippen molar-refractivity contribution in [3.05, 3.63) is 65.3 Å². The molecule has 0 atom stereocenters. The van der Waals surface area contributed by atoms with Crippen molar-refractivity contribution in [3.63, 3.8) is 0 Å². The van der Waals surface area contributed by atoms with Gasteiger partial charge in [0.15, 0.2) is 0 Å². The molecule has 2 rings (SSSR count). The molecule has 1 aromatic carbocycles. The van der Waals surface area contributed by atoms with Crippen LogP contribution in [0.3, 0.4) is 0 Å². The third-order valence-electron chi connectivity index (χ3n) is 2.68. The molecule has 0 spiro atoms. The maximum absolute atomic E-state index is 5.78. The first-order chi connectivity index (χ1) is 10.6. The lowest BCUT2D eigenvalue weighted by atomic mass is 10.1. The molecule has 0 amide bonds. The largest absolute Gasteiger partial charge is 0.481 e. The second kappa shape index (κ2) is 9.78. The van der Waals surface area contributed by atoms with E-state index in [1.807, 2.05) is 42.5 Å². The highest BCUT2D eigenvalue weighted by atomic mass is 35.5. The number of pyridine rings is 1. The second-order valence-corrected chi connectivity index (χ2v) is 4.75. The highest BCUT2D eigenvalue weighted by Crippen LogP contribution is 2.17. The smallest absolute Gasteiger partial charge is 0.212 e. The van der Waals surface area contributed by atoms with Crippen molar-refractivity contribution in [2.45, 2.75) is 0 Å². The normalized spacial score (nSPS) is 10.5. The number of halogens is 1. The fourth-order valence-corrected chi connectivity index (χ4v) is 1.79. The molecule has 0 radical (unpaired) electrons. The molecule has 2 aromatic rings. The Kier molecular flexibility index (Phi) is 7.99. The van der Waals surface area contributed by atoms with Gasteiger partial charge in [0.2, 0.25) is 5.88 Å². The van der Waals surface area contributed by atoms with Crippen LogP contribution in [0.2, 0.25) is 5.02 Å². The predicted octanol–water partition coefficient (Wildman–Crippen LogP) is 2.54. The first kappa shape index (κ1) is 18.0. The van der Waals surface area contributed by atoms with Crippen LogP contribution in [0.4, 0.5) is 0 Å². The summed E-state index contributed by atoms with van der Waals surface area (Å²) in [6.07, 6.45) is 3.56. The highest BCUT2D eigenvalue weighted by Gasteiger charge is 2.02. The maximum Gasteiger partial charge on any atom is 0.212 e. The average Bonchev–Trinajstić information content (AvgIpc) is 2.55. The molecule has 0 bridgehead atoms. The van der Waals surface area contributed by atoms with Gasteiger partial charge in [0.1, 0.15) is 0 Å². The summed E-state index contributed by atoms with van der Waals surface area (Å²) in [4.78, 5) is 3.88. The maximum atomic E-state index is 5.78. The standard InChI is InChI=1S/C10H14ClN3.C6H7NO/c1-14(13)10(6-7-12)8-2-4-9(11)5-3-8;1-8-6-4-2-3-5-7-6/h2-6H,7,12-13H2,1H3;2-5H,1H3/b10-6-;. The number of hydrogen-bond acceptors (Lipinski definition) is 5. The predicted molar refractivity (Wildman–Crippen MR) is 91.2 cm³/mol. The van der Waals surface area contributed by atoms with Gasteiger partial charge in [-0.15, -0.1) is 0 Å². The van der Waals surface area contributed by atoms with Crippen LogP contribution in [0, 0.1) is 0 Å². The first-order valence-corrected chi connectivity index (χ1v) is 7.06. The molecule has 6 heteroatoms. The summed E-state index contributed by atoms with van der Waals surface area (Å²) in [5, 5.41) is 2.25. The van der Waals surface area contributed by atoms with E-state index in [0.717, 1.165) is 11.3 Å². The Morgan fingerprint density at radius 2 is 1.95 bits per heavy atom. The molecule has 5 nitrogen and oxygen atoms in total. The Morgan fingerprint density at radius 1 is 1.27 bits per heavy atom. The minimum Gasteiger partial charge on any atom is -0.481 e. The molecule has 0 aliphatic heterocycles. The van der Waals surface area contributed by atoms with E-state index in [0.29, 0.717) is 17.4 Å². The lowest BCUT2D eigenvalue weighted by Gasteiger charge is -2.16. The average molecular weight is 321 g/mol. The minimum atomic E-state index is 0.458. The fraction of sp³-hybridized carbons (Fsp3) is 0.188. The molecule has 0 aliphatic carbocycles. The van der Waals surface area contributed by atoms with Gasteiger partial charge >= 0.3 is 0 Å². The van der Waals surface area contributed by atoms with Gasteiger partial charge < -0.3 is 15.5 Å². The van der Waals surface area contributed by atoms with Crippen molar-refractivity contribution in [2.75, 3.05) is 20.7 Å². The molecular weight excluding hydrogens is 300 g/mol. The van der Waals surface area contributed by atoms with Crippen molar-refractivity contribution in [2.24, 2.45) is 11.6 Å². The van der Waals surface area contributed by atoms with Crippen LogP contribution in [0.25, 0.3) is 5.70 Å². The summed E-state index contributed by atoms with van der Waals surface area (Å²) in [6.45, 7) is 0.458. The number of hydrogen-bond donors (Lipinski definition) is 2. The van der Waals surface area contributed by atoms with E-state index in [1.165, 1.54) is 5.01 Å². The Hall–Kier alpha value is -2.08.